The van der Waals surface area contributed by atoms with Crippen LogP contribution in [-0.4, -0.2) is 4.98 Å². The monoisotopic (exact) mass is 245 g/mol. The Morgan fingerprint density at radius 1 is 1.14 bits per heavy atom. The molecule has 0 N–H and O–H groups in total. The van der Waals surface area contributed by atoms with Crippen LogP contribution in [0.4, 0.5) is 0 Å². The number of aromatic nitrogens is 1. The molecule has 0 amide bonds. The highest BCUT2D eigenvalue weighted by Gasteiger charge is 2.07. The van der Waals surface area contributed by atoms with Crippen LogP contribution in [0.3, 0.4) is 0 Å². The Bertz CT molecular complexity index is 508. The Labute approximate surface area is 96.6 Å². The first-order valence-electron chi connectivity index (χ1n) is 4.00. The van der Waals surface area contributed by atoms with Gasteiger partial charge in [0.2, 0.25) is 0 Å². The van der Waals surface area contributed by atoms with Gasteiger partial charge < -0.3 is 0 Å². The number of hydrogen-bond acceptors (Lipinski definition) is 1. The minimum atomic E-state index is 0.430. The van der Waals surface area contributed by atoms with Crippen molar-refractivity contribution in [3.63, 3.8) is 0 Å². The Morgan fingerprint density at radius 3 is 2.57 bits per heavy atom. The van der Waals surface area contributed by atoms with Crippen molar-refractivity contribution < 1.29 is 0 Å². The van der Waals surface area contributed by atoms with E-state index in [2.05, 4.69) is 4.98 Å². The molecule has 4 heteroatoms. The number of fused-ring (bicyclic) bond motifs is 1. The van der Waals surface area contributed by atoms with Crippen molar-refractivity contribution in [2.45, 2.75) is 6.92 Å². The van der Waals surface area contributed by atoms with Crippen LogP contribution in [0.15, 0.2) is 18.2 Å². The van der Waals surface area contributed by atoms with Crippen molar-refractivity contribution in [2.24, 2.45) is 0 Å². The molecule has 72 valence electrons. The summed E-state index contributed by atoms with van der Waals surface area (Å²) in [5, 5.41) is 2.35. The number of pyridine rings is 1. The lowest BCUT2D eigenvalue weighted by atomic mass is 10.1. The largest absolute Gasteiger partial charge is 0.234 e. The third kappa shape index (κ3) is 1.56. The maximum absolute atomic E-state index is 6.02. The molecule has 0 atom stereocenters. The van der Waals surface area contributed by atoms with Crippen molar-refractivity contribution in [3.05, 3.63) is 39.0 Å². The van der Waals surface area contributed by atoms with Gasteiger partial charge in [0, 0.05) is 5.39 Å². The summed E-state index contributed by atoms with van der Waals surface area (Å²) in [6.45, 7) is 1.96. The van der Waals surface area contributed by atoms with Gasteiger partial charge in [0.25, 0.3) is 0 Å². The highest BCUT2D eigenvalue weighted by Crippen LogP contribution is 2.31. The van der Waals surface area contributed by atoms with E-state index in [1.807, 2.05) is 13.0 Å². The molecule has 0 saturated heterocycles. The molecule has 0 spiro atoms. The van der Waals surface area contributed by atoms with Crippen molar-refractivity contribution in [3.8, 4) is 0 Å². The summed E-state index contributed by atoms with van der Waals surface area (Å²) in [5.74, 6) is 0. The van der Waals surface area contributed by atoms with Crippen molar-refractivity contribution in [2.75, 3.05) is 0 Å². The predicted molar refractivity (Wildman–Crippen MR) is 61.5 cm³/mol. The van der Waals surface area contributed by atoms with E-state index in [0.29, 0.717) is 20.7 Å². The third-order valence-corrected chi connectivity index (χ3v) is 3.04. The number of halogens is 3. The molecule has 0 unspecified atom stereocenters. The molecular formula is C10H6Cl3N. The molecule has 1 heterocycles. The average molecular weight is 247 g/mol. The zero-order valence-corrected chi connectivity index (χ0v) is 9.58. The lowest BCUT2D eigenvalue weighted by Crippen LogP contribution is -1.85. The first-order chi connectivity index (χ1) is 6.59. The van der Waals surface area contributed by atoms with Gasteiger partial charge in [0.15, 0.2) is 0 Å². The fraction of sp³-hybridized carbons (Fsp3) is 0.100. The molecule has 0 saturated carbocycles. The standard InChI is InChI=1S/C10H6Cl3N/c1-5-4-8(12)14-10-6(5)2-3-7(11)9(10)13/h2-4H,1H3. The van der Waals surface area contributed by atoms with Crippen LogP contribution in [0.25, 0.3) is 10.9 Å². The second kappa shape index (κ2) is 3.58. The van der Waals surface area contributed by atoms with Crippen LogP contribution in [0.2, 0.25) is 15.2 Å². The predicted octanol–water partition coefficient (Wildman–Crippen LogP) is 4.50. The van der Waals surface area contributed by atoms with E-state index >= 15 is 0 Å². The molecule has 0 aliphatic rings. The molecule has 0 radical (unpaired) electrons. The Hall–Kier alpha value is -0.500. The second-order valence-corrected chi connectivity index (χ2v) is 4.19. The molecular weight excluding hydrogens is 240 g/mol. The first-order valence-corrected chi connectivity index (χ1v) is 5.14. The van der Waals surface area contributed by atoms with Crippen LogP contribution < -0.4 is 0 Å². The van der Waals surface area contributed by atoms with Gasteiger partial charge in [-0.15, -0.1) is 0 Å². The molecule has 1 aromatic carbocycles. The molecule has 0 aliphatic carbocycles. The van der Waals surface area contributed by atoms with E-state index in [-0.39, 0.29) is 0 Å². The molecule has 1 aromatic heterocycles. The smallest absolute Gasteiger partial charge is 0.130 e. The summed E-state index contributed by atoms with van der Waals surface area (Å²) in [7, 11) is 0. The molecule has 2 rings (SSSR count). The Morgan fingerprint density at radius 2 is 1.86 bits per heavy atom. The maximum atomic E-state index is 6.02. The zero-order valence-electron chi connectivity index (χ0n) is 7.31. The van der Waals surface area contributed by atoms with Crippen molar-refractivity contribution in [1.29, 1.82) is 0 Å². The zero-order chi connectivity index (χ0) is 10.3. The number of hydrogen-bond donors (Lipinski definition) is 0. The number of benzene rings is 1. The summed E-state index contributed by atoms with van der Waals surface area (Å²) < 4.78 is 0. The lowest BCUT2D eigenvalue weighted by molar-refractivity contribution is 1.37. The van der Waals surface area contributed by atoms with E-state index in [9.17, 15) is 0 Å². The number of rotatable bonds is 0. The van der Waals surface area contributed by atoms with Crippen molar-refractivity contribution in [1.82, 2.24) is 4.98 Å². The SMILES string of the molecule is Cc1cc(Cl)nc2c(Cl)c(Cl)ccc12. The van der Waals surface area contributed by atoms with E-state index in [4.69, 9.17) is 34.8 Å². The van der Waals surface area contributed by atoms with E-state index in [1.165, 1.54) is 0 Å². The van der Waals surface area contributed by atoms with Crippen LogP contribution in [0.1, 0.15) is 5.56 Å². The fourth-order valence-electron chi connectivity index (χ4n) is 1.36. The summed E-state index contributed by atoms with van der Waals surface area (Å²) in [4.78, 5) is 4.15. The van der Waals surface area contributed by atoms with Gasteiger partial charge in [-0.25, -0.2) is 4.98 Å². The van der Waals surface area contributed by atoms with Crippen LogP contribution in [-0.2, 0) is 0 Å². The van der Waals surface area contributed by atoms with Gasteiger partial charge in [0.05, 0.1) is 15.6 Å². The van der Waals surface area contributed by atoms with Gasteiger partial charge in [-0.1, -0.05) is 40.9 Å². The minimum Gasteiger partial charge on any atom is -0.234 e. The summed E-state index contributed by atoms with van der Waals surface area (Å²) in [5.41, 5.74) is 1.70. The van der Waals surface area contributed by atoms with Crippen LogP contribution >= 0.6 is 34.8 Å². The van der Waals surface area contributed by atoms with E-state index in [1.54, 1.807) is 12.1 Å². The topological polar surface area (TPSA) is 12.9 Å². The first kappa shape index (κ1) is 10.0. The molecule has 0 fully saturated rings. The molecule has 0 bridgehead atoms. The van der Waals surface area contributed by atoms with E-state index in [0.717, 1.165) is 10.9 Å². The fourth-order valence-corrected chi connectivity index (χ4v) is 1.97. The van der Waals surface area contributed by atoms with Gasteiger partial charge >= 0.3 is 0 Å². The highest BCUT2D eigenvalue weighted by molar-refractivity contribution is 6.45. The van der Waals surface area contributed by atoms with Gasteiger partial charge in [-0.05, 0) is 24.6 Å². The molecule has 1 nitrogen and oxygen atoms in total. The summed E-state index contributed by atoms with van der Waals surface area (Å²) in [6, 6.07) is 5.45. The quantitative estimate of drug-likeness (QED) is 0.624. The number of aryl methyl sites for hydroxylation is 1. The molecule has 2 aromatic rings. The van der Waals surface area contributed by atoms with Crippen molar-refractivity contribution >= 4 is 45.7 Å². The van der Waals surface area contributed by atoms with Gasteiger partial charge in [-0.3, -0.25) is 0 Å². The summed E-state index contributed by atoms with van der Waals surface area (Å²) >= 11 is 17.7. The van der Waals surface area contributed by atoms with E-state index < -0.39 is 0 Å². The molecule has 14 heavy (non-hydrogen) atoms. The Kier molecular flexibility index (Phi) is 2.56. The van der Waals surface area contributed by atoms with Gasteiger partial charge in [-0.2, -0.15) is 0 Å². The molecule has 0 aliphatic heterocycles. The minimum absolute atomic E-state index is 0.430. The van der Waals surface area contributed by atoms with Crippen LogP contribution in [0.5, 0.6) is 0 Å². The lowest BCUT2D eigenvalue weighted by Gasteiger charge is -2.05. The van der Waals surface area contributed by atoms with Crippen LogP contribution in [0, 0.1) is 6.92 Å². The van der Waals surface area contributed by atoms with Gasteiger partial charge in [0.1, 0.15) is 5.15 Å². The third-order valence-electron chi connectivity index (χ3n) is 2.05. The second-order valence-electron chi connectivity index (χ2n) is 3.02. The average Bonchev–Trinajstić information content (AvgIpc) is 2.12. The highest BCUT2D eigenvalue weighted by atomic mass is 35.5. The maximum Gasteiger partial charge on any atom is 0.130 e. The Balaban J connectivity index is 2.95. The normalized spacial score (nSPS) is 10.9. The summed E-state index contributed by atoms with van der Waals surface area (Å²) in [6.07, 6.45) is 0. The number of nitrogens with zero attached hydrogens (tertiary/aromatic N) is 1.